The fourth-order valence-electron chi connectivity index (χ4n) is 2.49. The van der Waals surface area contributed by atoms with Crippen molar-refractivity contribution >= 4 is 0 Å². The second-order valence-electron chi connectivity index (χ2n) is 4.54. The van der Waals surface area contributed by atoms with E-state index in [9.17, 15) is 0 Å². The van der Waals surface area contributed by atoms with Gasteiger partial charge in [0.1, 0.15) is 0 Å². The highest BCUT2D eigenvalue weighted by Crippen LogP contribution is 2.35. The molecule has 5 heteroatoms. The van der Waals surface area contributed by atoms with E-state index in [1.807, 2.05) is 14.1 Å². The molecule has 1 fully saturated rings. The molecule has 0 spiro atoms. The average molecular weight is 209 g/mol. The second kappa shape index (κ2) is 4.26. The van der Waals surface area contributed by atoms with Crippen LogP contribution in [0.5, 0.6) is 0 Å². The number of hydrogen-bond donors (Lipinski definition) is 1. The highest BCUT2D eigenvalue weighted by atomic mass is 15.5. The number of aryl methyl sites for hydroxylation is 1. The average Bonchev–Trinajstić information content (AvgIpc) is 2.65. The smallest absolute Gasteiger partial charge is 0.154 e. The van der Waals surface area contributed by atoms with E-state index in [1.165, 1.54) is 12.8 Å². The minimum atomic E-state index is 0.496. The fraction of sp³-hybridized carbons (Fsp3) is 0.900. The lowest BCUT2D eigenvalue weighted by Crippen LogP contribution is -2.34. The van der Waals surface area contributed by atoms with Gasteiger partial charge in [-0.3, -0.25) is 0 Å². The molecule has 0 saturated heterocycles. The lowest BCUT2D eigenvalue weighted by molar-refractivity contribution is 0.264. The van der Waals surface area contributed by atoms with Gasteiger partial charge in [0.15, 0.2) is 5.82 Å². The summed E-state index contributed by atoms with van der Waals surface area (Å²) in [5.74, 6) is 2.21. The first-order valence-electron chi connectivity index (χ1n) is 5.62. The summed E-state index contributed by atoms with van der Waals surface area (Å²) in [4.78, 5) is 0. The lowest BCUT2D eigenvalue weighted by Gasteiger charge is -2.33. The molecular formula is C10H19N5. The highest BCUT2D eigenvalue weighted by molar-refractivity contribution is 5.00. The van der Waals surface area contributed by atoms with Gasteiger partial charge in [0.05, 0.1) is 0 Å². The summed E-state index contributed by atoms with van der Waals surface area (Å²) >= 11 is 0. The van der Waals surface area contributed by atoms with Gasteiger partial charge in [0, 0.05) is 19.0 Å². The van der Waals surface area contributed by atoms with Gasteiger partial charge < -0.3 is 5.32 Å². The van der Waals surface area contributed by atoms with Crippen molar-refractivity contribution in [1.29, 1.82) is 0 Å². The molecule has 1 heterocycles. The summed E-state index contributed by atoms with van der Waals surface area (Å²) in [5, 5.41) is 15.1. The van der Waals surface area contributed by atoms with E-state index in [2.05, 4.69) is 27.8 Å². The third-order valence-corrected chi connectivity index (χ3v) is 3.59. The highest BCUT2D eigenvalue weighted by Gasteiger charge is 2.31. The molecule has 1 aromatic rings. The van der Waals surface area contributed by atoms with Crippen LogP contribution in [0.1, 0.15) is 37.9 Å². The van der Waals surface area contributed by atoms with Crippen LogP contribution in [0.4, 0.5) is 0 Å². The van der Waals surface area contributed by atoms with E-state index in [0.717, 1.165) is 12.2 Å². The predicted octanol–water partition coefficient (Wildman–Crippen LogP) is 0.702. The molecule has 84 valence electrons. The molecule has 1 saturated carbocycles. The van der Waals surface area contributed by atoms with Crippen LogP contribution in [-0.2, 0) is 7.05 Å². The van der Waals surface area contributed by atoms with Gasteiger partial charge >= 0.3 is 0 Å². The van der Waals surface area contributed by atoms with E-state index in [0.29, 0.717) is 17.9 Å². The first-order chi connectivity index (χ1) is 7.22. The Balaban J connectivity index is 2.16. The molecule has 3 unspecified atom stereocenters. The minimum Gasteiger partial charge on any atom is -0.317 e. The maximum atomic E-state index is 4.13. The summed E-state index contributed by atoms with van der Waals surface area (Å²) in [5.41, 5.74) is 0. The van der Waals surface area contributed by atoms with Crippen molar-refractivity contribution in [3.8, 4) is 0 Å². The molecule has 1 aromatic heterocycles. The number of aromatic nitrogens is 4. The molecule has 0 aliphatic heterocycles. The van der Waals surface area contributed by atoms with Crippen LogP contribution in [0.2, 0.25) is 0 Å². The zero-order valence-electron chi connectivity index (χ0n) is 9.64. The number of nitrogens with one attached hydrogen (secondary N) is 1. The molecule has 0 aromatic carbocycles. The van der Waals surface area contributed by atoms with E-state index < -0.39 is 0 Å². The maximum Gasteiger partial charge on any atom is 0.154 e. The predicted molar refractivity (Wildman–Crippen MR) is 57.4 cm³/mol. The van der Waals surface area contributed by atoms with Gasteiger partial charge in [-0.25, -0.2) is 4.68 Å². The fourth-order valence-corrected chi connectivity index (χ4v) is 2.49. The first-order valence-corrected chi connectivity index (χ1v) is 5.62. The van der Waals surface area contributed by atoms with E-state index in [-0.39, 0.29) is 0 Å². The van der Waals surface area contributed by atoms with Crippen LogP contribution < -0.4 is 5.32 Å². The molecule has 0 radical (unpaired) electrons. The van der Waals surface area contributed by atoms with Crippen LogP contribution >= 0.6 is 0 Å². The molecule has 1 aliphatic carbocycles. The van der Waals surface area contributed by atoms with Gasteiger partial charge in [-0.15, -0.1) is 5.10 Å². The zero-order chi connectivity index (χ0) is 10.8. The Labute approximate surface area is 90.2 Å². The molecule has 3 atom stereocenters. The molecule has 5 nitrogen and oxygen atoms in total. The summed E-state index contributed by atoms with van der Waals surface area (Å²) in [6, 6.07) is 0.614. The van der Waals surface area contributed by atoms with E-state index in [4.69, 9.17) is 0 Å². The Hall–Kier alpha value is -0.970. The van der Waals surface area contributed by atoms with Crippen molar-refractivity contribution in [3.63, 3.8) is 0 Å². The maximum absolute atomic E-state index is 4.13. The molecule has 15 heavy (non-hydrogen) atoms. The lowest BCUT2D eigenvalue weighted by atomic mass is 9.77. The van der Waals surface area contributed by atoms with E-state index in [1.54, 1.807) is 4.68 Å². The van der Waals surface area contributed by atoms with Crippen molar-refractivity contribution in [1.82, 2.24) is 25.5 Å². The number of tetrazole rings is 1. The molecule has 1 aliphatic rings. The van der Waals surface area contributed by atoms with Gasteiger partial charge in [0.2, 0.25) is 0 Å². The van der Waals surface area contributed by atoms with E-state index >= 15 is 0 Å². The Morgan fingerprint density at radius 3 is 2.80 bits per heavy atom. The van der Waals surface area contributed by atoms with Crippen LogP contribution in [0.25, 0.3) is 0 Å². The van der Waals surface area contributed by atoms with Crippen LogP contribution in [-0.4, -0.2) is 33.3 Å². The Kier molecular flexibility index (Phi) is 3.00. The summed E-state index contributed by atoms with van der Waals surface area (Å²) < 4.78 is 1.80. The standard InChI is InChI=1S/C10H19N5/c1-7-4-5-8(11-2)6-9(7)10-12-13-14-15(10)3/h7-9,11H,4-6H2,1-3H3. The van der Waals surface area contributed by atoms with Crippen molar-refractivity contribution in [3.05, 3.63) is 5.82 Å². The van der Waals surface area contributed by atoms with Gasteiger partial charge in [-0.2, -0.15) is 0 Å². The minimum absolute atomic E-state index is 0.496. The Morgan fingerprint density at radius 2 is 2.20 bits per heavy atom. The number of rotatable bonds is 2. The normalized spacial score (nSPS) is 31.8. The Bertz CT molecular complexity index is 321. The monoisotopic (exact) mass is 209 g/mol. The first kappa shape index (κ1) is 10.5. The number of nitrogens with zero attached hydrogens (tertiary/aromatic N) is 4. The number of hydrogen-bond acceptors (Lipinski definition) is 4. The third-order valence-electron chi connectivity index (χ3n) is 3.59. The third kappa shape index (κ3) is 2.02. The van der Waals surface area contributed by atoms with Crippen molar-refractivity contribution < 1.29 is 0 Å². The molecular weight excluding hydrogens is 190 g/mol. The van der Waals surface area contributed by atoms with Crippen LogP contribution in [0.3, 0.4) is 0 Å². The SMILES string of the molecule is CNC1CCC(C)C(c2nnnn2C)C1. The van der Waals surface area contributed by atoms with Crippen molar-refractivity contribution in [2.75, 3.05) is 7.05 Å². The zero-order valence-corrected chi connectivity index (χ0v) is 9.64. The van der Waals surface area contributed by atoms with Gasteiger partial charge in [-0.05, 0) is 42.7 Å². The molecule has 0 amide bonds. The quantitative estimate of drug-likeness (QED) is 0.779. The van der Waals surface area contributed by atoms with Gasteiger partial charge in [0.25, 0.3) is 0 Å². The summed E-state index contributed by atoms with van der Waals surface area (Å²) in [6.07, 6.45) is 3.66. The summed E-state index contributed by atoms with van der Waals surface area (Å²) in [6.45, 7) is 2.30. The Morgan fingerprint density at radius 1 is 1.40 bits per heavy atom. The molecule has 1 N–H and O–H groups in total. The van der Waals surface area contributed by atoms with Crippen LogP contribution in [0.15, 0.2) is 0 Å². The van der Waals surface area contributed by atoms with Crippen molar-refractivity contribution in [2.45, 2.75) is 38.1 Å². The largest absolute Gasteiger partial charge is 0.317 e. The van der Waals surface area contributed by atoms with Crippen LogP contribution in [0, 0.1) is 5.92 Å². The van der Waals surface area contributed by atoms with Crippen molar-refractivity contribution in [2.24, 2.45) is 13.0 Å². The second-order valence-corrected chi connectivity index (χ2v) is 4.54. The molecule has 2 rings (SSSR count). The summed E-state index contributed by atoms with van der Waals surface area (Å²) in [7, 11) is 3.96. The topological polar surface area (TPSA) is 55.6 Å². The van der Waals surface area contributed by atoms with Gasteiger partial charge in [-0.1, -0.05) is 6.92 Å². The molecule has 0 bridgehead atoms.